The van der Waals surface area contributed by atoms with Crippen molar-refractivity contribution in [1.29, 1.82) is 0 Å². The van der Waals surface area contributed by atoms with E-state index < -0.39 is 18.0 Å². The predicted molar refractivity (Wildman–Crippen MR) is 102 cm³/mol. The van der Waals surface area contributed by atoms with Crippen molar-refractivity contribution in [2.75, 3.05) is 13.2 Å². The molecule has 1 N–H and O–H groups in total. The highest BCUT2D eigenvalue weighted by Crippen LogP contribution is 2.34. The molecule has 3 unspecified atom stereocenters. The number of fused-ring (bicyclic) bond motifs is 2. The number of nitrogens with zero attached hydrogens (tertiary/aromatic N) is 3. The Labute approximate surface area is 179 Å². The van der Waals surface area contributed by atoms with Crippen LogP contribution in [0.25, 0.3) is 0 Å². The van der Waals surface area contributed by atoms with Gasteiger partial charge in [-0.3, -0.25) is 4.90 Å². The minimum absolute atomic E-state index is 0.00367. The van der Waals surface area contributed by atoms with Crippen molar-refractivity contribution >= 4 is 17.3 Å². The summed E-state index contributed by atoms with van der Waals surface area (Å²) in [5.74, 6) is -3.11. The number of pyridine rings is 1. The van der Waals surface area contributed by atoms with Gasteiger partial charge in [-0.15, -0.1) is 11.3 Å². The lowest BCUT2D eigenvalue weighted by atomic mass is 10.1. The molecule has 2 aromatic heterocycles. The Morgan fingerprint density at radius 3 is 2.74 bits per heavy atom. The third-order valence-electron chi connectivity index (χ3n) is 5.08. The van der Waals surface area contributed by atoms with Crippen LogP contribution in [0.3, 0.4) is 0 Å². The van der Waals surface area contributed by atoms with E-state index in [1.165, 1.54) is 10.9 Å². The van der Waals surface area contributed by atoms with Crippen LogP contribution < -0.4 is 4.74 Å². The molecule has 1 saturated carbocycles. The number of ether oxygens (including phenoxy) is 2. The highest BCUT2D eigenvalue weighted by Gasteiger charge is 2.44. The number of aryl methyl sites for hydroxylation is 1. The monoisotopic (exact) mass is 463 g/mol. The van der Waals surface area contributed by atoms with Crippen LogP contribution in [0.2, 0.25) is 0 Å². The normalized spacial score (nSPS) is 23.6. The summed E-state index contributed by atoms with van der Waals surface area (Å²) in [5, 5.41) is 7.12. The Bertz CT molecular complexity index is 895. The number of carboxylic acids is 1. The van der Waals surface area contributed by atoms with E-state index >= 15 is 0 Å². The Hall–Kier alpha value is -2.31. The van der Waals surface area contributed by atoms with Gasteiger partial charge in [-0.1, -0.05) is 0 Å². The van der Waals surface area contributed by atoms with Crippen molar-refractivity contribution in [1.82, 2.24) is 14.9 Å². The molecule has 170 valence electrons. The second-order valence-electron chi connectivity index (χ2n) is 7.06. The van der Waals surface area contributed by atoms with Crippen LogP contribution in [0.5, 0.6) is 5.88 Å². The molecule has 1 aliphatic carbocycles. The summed E-state index contributed by atoms with van der Waals surface area (Å²) in [6.45, 7) is 4.39. The van der Waals surface area contributed by atoms with E-state index in [9.17, 15) is 17.6 Å². The number of hydrogen-bond donors (Lipinski definition) is 1. The van der Waals surface area contributed by atoms with Gasteiger partial charge < -0.3 is 14.6 Å². The maximum absolute atomic E-state index is 13.9. The first-order chi connectivity index (χ1) is 14.7. The fraction of sp³-hybridized carbons (Fsp3) is 0.526. The minimum Gasteiger partial charge on any atom is -0.475 e. The maximum Gasteiger partial charge on any atom is 0.490 e. The smallest absolute Gasteiger partial charge is 0.475 e. The van der Waals surface area contributed by atoms with Crippen LogP contribution in [0.1, 0.15) is 23.4 Å². The molecule has 12 heteroatoms. The second-order valence-corrected chi connectivity index (χ2v) is 8.00. The summed E-state index contributed by atoms with van der Waals surface area (Å²) < 4.78 is 57.6. The summed E-state index contributed by atoms with van der Waals surface area (Å²) in [4.78, 5) is 20.9. The van der Waals surface area contributed by atoms with E-state index in [0.717, 1.165) is 31.6 Å². The van der Waals surface area contributed by atoms with Gasteiger partial charge in [0.2, 0.25) is 0 Å². The van der Waals surface area contributed by atoms with Crippen molar-refractivity contribution < 1.29 is 36.9 Å². The molecule has 1 aliphatic heterocycles. The standard InChI is InChI=1S/C17H20FN3O2S.C2HF3O2/c1-11-15(24-10-20-11)9-21-7-8-22-14-5-4-13(21)16(14)23-17-12(18)3-2-6-19-17;3-2(4,5)1(6)7/h2-3,6,10,13-14,16H,4-5,7-9H2,1H3;(H,6,7). The molecule has 1 saturated heterocycles. The molecular formula is C19H21F4N3O4S. The highest BCUT2D eigenvalue weighted by molar-refractivity contribution is 7.09. The van der Waals surface area contributed by atoms with Crippen LogP contribution in [-0.4, -0.2) is 63.5 Å². The van der Waals surface area contributed by atoms with Crippen LogP contribution in [0.4, 0.5) is 17.6 Å². The number of rotatable bonds is 4. The molecule has 7 nitrogen and oxygen atoms in total. The molecule has 3 heterocycles. The van der Waals surface area contributed by atoms with Gasteiger partial charge in [0.1, 0.15) is 6.10 Å². The van der Waals surface area contributed by atoms with Gasteiger partial charge in [-0.25, -0.2) is 19.2 Å². The van der Waals surface area contributed by atoms with Crippen molar-refractivity contribution in [2.24, 2.45) is 0 Å². The number of carbonyl (C=O) groups is 1. The van der Waals surface area contributed by atoms with E-state index in [1.807, 2.05) is 12.4 Å². The number of aliphatic carboxylic acids is 1. The summed E-state index contributed by atoms with van der Waals surface area (Å²) in [7, 11) is 0. The number of hydrogen-bond acceptors (Lipinski definition) is 7. The quantitative estimate of drug-likeness (QED) is 0.696. The highest BCUT2D eigenvalue weighted by atomic mass is 32.1. The van der Waals surface area contributed by atoms with Crippen LogP contribution in [0.15, 0.2) is 23.8 Å². The predicted octanol–water partition coefficient (Wildman–Crippen LogP) is 3.43. The zero-order valence-electron chi connectivity index (χ0n) is 16.5. The van der Waals surface area contributed by atoms with Crippen molar-refractivity contribution in [2.45, 2.75) is 50.7 Å². The zero-order valence-corrected chi connectivity index (χ0v) is 17.3. The van der Waals surface area contributed by atoms with Crippen molar-refractivity contribution in [3.05, 3.63) is 40.2 Å². The third-order valence-corrected chi connectivity index (χ3v) is 6.00. The fourth-order valence-electron chi connectivity index (χ4n) is 3.57. The van der Waals surface area contributed by atoms with Crippen LogP contribution in [-0.2, 0) is 16.1 Å². The minimum atomic E-state index is -5.08. The Morgan fingerprint density at radius 2 is 2.13 bits per heavy atom. The lowest BCUT2D eigenvalue weighted by Gasteiger charge is -2.30. The first kappa shape index (κ1) is 23.4. The topological polar surface area (TPSA) is 84.8 Å². The van der Waals surface area contributed by atoms with Crippen LogP contribution >= 0.6 is 11.3 Å². The number of thiazole rings is 1. The number of halogens is 4. The number of aromatic nitrogens is 2. The SMILES string of the molecule is Cc1ncsc1CN1CCOC2CCC1C2Oc1ncccc1F.O=C(O)C(F)(F)F. The van der Waals surface area contributed by atoms with Gasteiger partial charge in [0.25, 0.3) is 5.88 Å². The van der Waals surface area contributed by atoms with Gasteiger partial charge in [-0.2, -0.15) is 13.2 Å². The zero-order chi connectivity index (χ0) is 22.6. The average Bonchev–Trinajstić information content (AvgIpc) is 3.23. The van der Waals surface area contributed by atoms with Gasteiger partial charge in [0.05, 0.1) is 23.9 Å². The van der Waals surface area contributed by atoms with E-state index in [-0.39, 0.29) is 24.1 Å². The molecule has 0 radical (unpaired) electrons. The van der Waals surface area contributed by atoms with Gasteiger partial charge in [-0.05, 0) is 31.9 Å². The molecule has 2 aliphatic rings. The summed E-state index contributed by atoms with van der Waals surface area (Å²) in [6.07, 6.45) is -1.80. The Kier molecular flexibility index (Phi) is 7.44. The summed E-state index contributed by atoms with van der Waals surface area (Å²) in [5.41, 5.74) is 2.96. The van der Waals surface area contributed by atoms with Crippen molar-refractivity contribution in [3.8, 4) is 5.88 Å². The number of alkyl halides is 3. The lowest BCUT2D eigenvalue weighted by Crippen LogP contribution is -2.44. The third kappa shape index (κ3) is 5.89. The molecule has 2 aromatic rings. The maximum atomic E-state index is 13.9. The van der Waals surface area contributed by atoms with E-state index in [1.54, 1.807) is 23.6 Å². The number of carboxylic acid groups (broad SMARTS) is 1. The second kappa shape index (κ2) is 9.88. The first-order valence-corrected chi connectivity index (χ1v) is 10.4. The summed E-state index contributed by atoms with van der Waals surface area (Å²) in [6, 6.07) is 3.15. The molecule has 4 rings (SSSR count). The van der Waals surface area contributed by atoms with E-state index in [2.05, 4.69) is 14.9 Å². The lowest BCUT2D eigenvalue weighted by molar-refractivity contribution is -0.192. The van der Waals surface area contributed by atoms with E-state index in [0.29, 0.717) is 6.61 Å². The molecule has 0 amide bonds. The molecule has 2 fully saturated rings. The fourth-order valence-corrected chi connectivity index (χ4v) is 4.37. The van der Waals surface area contributed by atoms with Gasteiger partial charge >= 0.3 is 12.1 Å². The molecule has 3 atom stereocenters. The molecule has 31 heavy (non-hydrogen) atoms. The summed E-state index contributed by atoms with van der Waals surface area (Å²) >= 11 is 1.68. The molecule has 0 aromatic carbocycles. The van der Waals surface area contributed by atoms with Gasteiger partial charge in [0, 0.05) is 30.2 Å². The molecular weight excluding hydrogens is 442 g/mol. The van der Waals surface area contributed by atoms with Crippen LogP contribution in [0, 0.1) is 12.7 Å². The average molecular weight is 463 g/mol. The van der Waals surface area contributed by atoms with Crippen molar-refractivity contribution in [3.63, 3.8) is 0 Å². The Morgan fingerprint density at radius 1 is 1.39 bits per heavy atom. The largest absolute Gasteiger partial charge is 0.490 e. The first-order valence-electron chi connectivity index (χ1n) is 9.48. The van der Waals surface area contributed by atoms with E-state index in [4.69, 9.17) is 19.4 Å². The molecule has 2 bridgehead atoms. The molecule has 0 spiro atoms. The Balaban J connectivity index is 0.000000339. The van der Waals surface area contributed by atoms with Gasteiger partial charge in [0.15, 0.2) is 5.82 Å².